The Morgan fingerprint density at radius 1 is 0.941 bits per heavy atom. The second-order valence-electron chi connectivity index (χ2n) is 7.39. The molecule has 1 unspecified atom stereocenters. The van der Waals surface area contributed by atoms with E-state index < -0.39 is 57.1 Å². The molecule has 3 aromatic rings. The van der Waals surface area contributed by atoms with Crippen LogP contribution in [0, 0.1) is 15.9 Å². The summed E-state index contributed by atoms with van der Waals surface area (Å²) in [5, 5.41) is 14.3. The second kappa shape index (κ2) is 8.66. The quantitative estimate of drug-likeness (QED) is 0.272. The number of ketones is 2. The molecule has 0 spiro atoms. The maximum atomic E-state index is 13.0. The van der Waals surface area contributed by atoms with Crippen molar-refractivity contribution in [3.63, 3.8) is 0 Å². The normalized spacial score (nSPS) is 12.9. The molecule has 0 aromatic heterocycles. The first-order valence-corrected chi connectivity index (χ1v) is 9.96. The van der Waals surface area contributed by atoms with Gasteiger partial charge in [0.15, 0.2) is 11.9 Å². The first-order valence-electron chi connectivity index (χ1n) is 9.96. The third-order valence-corrected chi connectivity index (χ3v) is 5.23. The first-order chi connectivity index (χ1) is 16.2. The lowest BCUT2D eigenvalue weighted by Gasteiger charge is -2.19. The van der Waals surface area contributed by atoms with Crippen LogP contribution in [0.4, 0.5) is 15.8 Å². The SMILES string of the molecule is CC(OC(=O)c1ccc2c(c1[N+](=O)[O-])C(=O)c1ccccc1C2=O)C(=O)Nc1ccc(F)cc1. The van der Waals surface area contributed by atoms with E-state index in [2.05, 4.69) is 5.32 Å². The Morgan fingerprint density at radius 3 is 2.18 bits per heavy atom. The summed E-state index contributed by atoms with van der Waals surface area (Å²) < 4.78 is 18.1. The molecule has 0 heterocycles. The van der Waals surface area contributed by atoms with Crippen LogP contribution in [0.15, 0.2) is 60.7 Å². The van der Waals surface area contributed by atoms with Crippen LogP contribution in [-0.4, -0.2) is 34.5 Å². The summed E-state index contributed by atoms with van der Waals surface area (Å²) in [4.78, 5) is 61.8. The van der Waals surface area contributed by atoms with E-state index in [9.17, 15) is 33.7 Å². The third-order valence-electron chi connectivity index (χ3n) is 5.23. The minimum atomic E-state index is -1.38. The van der Waals surface area contributed by atoms with Gasteiger partial charge >= 0.3 is 5.97 Å². The highest BCUT2D eigenvalue weighted by atomic mass is 19.1. The molecule has 1 aliphatic rings. The number of benzene rings is 3. The molecule has 1 aliphatic carbocycles. The van der Waals surface area contributed by atoms with Crippen molar-refractivity contribution in [3.05, 3.63) is 104 Å². The number of hydrogen-bond donors (Lipinski definition) is 1. The Bertz CT molecular complexity index is 1380. The van der Waals surface area contributed by atoms with Crippen molar-refractivity contribution in [2.75, 3.05) is 5.32 Å². The van der Waals surface area contributed by atoms with Gasteiger partial charge in [0.25, 0.3) is 11.6 Å². The molecule has 0 fully saturated rings. The van der Waals surface area contributed by atoms with Gasteiger partial charge in [-0.2, -0.15) is 0 Å². The fraction of sp³-hybridized carbons (Fsp3) is 0.0833. The molecule has 170 valence electrons. The van der Waals surface area contributed by atoms with E-state index in [4.69, 9.17) is 4.74 Å². The number of rotatable bonds is 5. The lowest BCUT2D eigenvalue weighted by Crippen LogP contribution is -2.30. The highest BCUT2D eigenvalue weighted by Crippen LogP contribution is 2.35. The summed E-state index contributed by atoms with van der Waals surface area (Å²) >= 11 is 0. The molecule has 4 rings (SSSR count). The second-order valence-corrected chi connectivity index (χ2v) is 7.39. The Balaban J connectivity index is 1.64. The van der Waals surface area contributed by atoms with Crippen LogP contribution in [0.25, 0.3) is 0 Å². The summed E-state index contributed by atoms with van der Waals surface area (Å²) in [6.07, 6.45) is -1.38. The van der Waals surface area contributed by atoms with Gasteiger partial charge in [0, 0.05) is 22.4 Å². The molecular weight excluding hydrogens is 447 g/mol. The zero-order valence-electron chi connectivity index (χ0n) is 17.5. The molecule has 3 aromatic carbocycles. The van der Waals surface area contributed by atoms with Crippen molar-refractivity contribution in [1.82, 2.24) is 0 Å². The number of carbonyl (C=O) groups is 4. The Labute approximate surface area is 191 Å². The molecule has 9 nitrogen and oxygen atoms in total. The van der Waals surface area contributed by atoms with E-state index in [-0.39, 0.29) is 22.4 Å². The smallest absolute Gasteiger partial charge is 0.345 e. The molecule has 0 saturated heterocycles. The van der Waals surface area contributed by atoms with Crippen molar-refractivity contribution in [2.45, 2.75) is 13.0 Å². The maximum Gasteiger partial charge on any atom is 0.345 e. The predicted octanol–water partition coefficient (Wildman–Crippen LogP) is 3.69. The fourth-order valence-electron chi connectivity index (χ4n) is 3.58. The summed E-state index contributed by atoms with van der Waals surface area (Å²) in [5.41, 5.74) is -1.82. The van der Waals surface area contributed by atoms with E-state index in [1.165, 1.54) is 37.3 Å². The van der Waals surface area contributed by atoms with Crippen molar-refractivity contribution in [1.29, 1.82) is 0 Å². The van der Waals surface area contributed by atoms with Gasteiger partial charge in [-0.3, -0.25) is 24.5 Å². The number of anilines is 1. The summed E-state index contributed by atoms with van der Waals surface area (Å²) in [6, 6.07) is 12.9. The van der Waals surface area contributed by atoms with Crippen LogP contribution in [0.1, 0.15) is 49.1 Å². The van der Waals surface area contributed by atoms with Crippen LogP contribution in [-0.2, 0) is 9.53 Å². The topological polar surface area (TPSA) is 133 Å². The van der Waals surface area contributed by atoms with E-state index in [1.54, 1.807) is 6.07 Å². The summed E-state index contributed by atoms with van der Waals surface area (Å²) in [7, 11) is 0. The maximum absolute atomic E-state index is 13.0. The van der Waals surface area contributed by atoms with E-state index in [0.717, 1.165) is 24.3 Å². The van der Waals surface area contributed by atoms with Crippen LogP contribution < -0.4 is 5.32 Å². The average molecular weight is 462 g/mol. The number of amides is 1. The Kier molecular flexibility index (Phi) is 5.72. The van der Waals surface area contributed by atoms with Crippen LogP contribution in [0.5, 0.6) is 0 Å². The highest BCUT2D eigenvalue weighted by Gasteiger charge is 2.39. The van der Waals surface area contributed by atoms with Crippen molar-refractivity contribution < 1.29 is 33.2 Å². The average Bonchev–Trinajstić information content (AvgIpc) is 2.82. The van der Waals surface area contributed by atoms with Gasteiger partial charge in [-0.15, -0.1) is 0 Å². The molecule has 0 bridgehead atoms. The van der Waals surface area contributed by atoms with Gasteiger partial charge in [0.05, 0.1) is 4.92 Å². The fourth-order valence-corrected chi connectivity index (χ4v) is 3.58. The molecule has 1 N–H and O–H groups in total. The van der Waals surface area contributed by atoms with Gasteiger partial charge in [-0.05, 0) is 43.3 Å². The van der Waals surface area contributed by atoms with Gasteiger partial charge in [0.2, 0.25) is 5.78 Å². The summed E-state index contributed by atoms with van der Waals surface area (Å²) in [5.74, 6) is -3.85. The molecule has 0 saturated carbocycles. The van der Waals surface area contributed by atoms with Gasteiger partial charge < -0.3 is 10.1 Å². The number of carbonyl (C=O) groups excluding carboxylic acids is 4. The number of nitrogens with zero attached hydrogens (tertiary/aromatic N) is 1. The minimum absolute atomic E-state index is 0.0133. The highest BCUT2D eigenvalue weighted by molar-refractivity contribution is 6.30. The molecule has 10 heteroatoms. The molecule has 0 radical (unpaired) electrons. The largest absolute Gasteiger partial charge is 0.449 e. The summed E-state index contributed by atoms with van der Waals surface area (Å²) in [6.45, 7) is 1.24. The zero-order chi connectivity index (χ0) is 24.6. The van der Waals surface area contributed by atoms with Gasteiger partial charge in [-0.1, -0.05) is 24.3 Å². The molecule has 0 aliphatic heterocycles. The third kappa shape index (κ3) is 3.92. The first kappa shape index (κ1) is 22.5. The van der Waals surface area contributed by atoms with Crippen LogP contribution in [0.3, 0.4) is 0 Å². The van der Waals surface area contributed by atoms with Crippen molar-refractivity contribution >= 4 is 34.8 Å². The number of nitro benzene ring substituents is 1. The number of nitrogens with one attached hydrogen (secondary N) is 1. The monoisotopic (exact) mass is 462 g/mol. The van der Waals surface area contributed by atoms with E-state index in [0.29, 0.717) is 0 Å². The number of fused-ring (bicyclic) bond motifs is 2. The molecular formula is C24H15FN2O7. The zero-order valence-corrected chi connectivity index (χ0v) is 17.5. The number of halogens is 1. The molecule has 1 atom stereocenters. The van der Waals surface area contributed by atoms with Crippen LogP contribution >= 0.6 is 0 Å². The molecule has 1 amide bonds. The lowest BCUT2D eigenvalue weighted by atomic mass is 9.82. The van der Waals surface area contributed by atoms with Crippen LogP contribution in [0.2, 0.25) is 0 Å². The number of hydrogen-bond acceptors (Lipinski definition) is 7. The Morgan fingerprint density at radius 2 is 1.56 bits per heavy atom. The lowest BCUT2D eigenvalue weighted by molar-refractivity contribution is -0.385. The van der Waals surface area contributed by atoms with E-state index in [1.807, 2.05) is 0 Å². The minimum Gasteiger partial charge on any atom is -0.449 e. The van der Waals surface area contributed by atoms with E-state index >= 15 is 0 Å². The van der Waals surface area contributed by atoms with Gasteiger partial charge in [-0.25, -0.2) is 9.18 Å². The van der Waals surface area contributed by atoms with Crippen molar-refractivity contribution in [2.24, 2.45) is 0 Å². The van der Waals surface area contributed by atoms with Gasteiger partial charge in [0.1, 0.15) is 16.9 Å². The molecule has 34 heavy (non-hydrogen) atoms. The number of ether oxygens (including phenoxy) is 1. The Hall–Kier alpha value is -4.73. The number of nitro groups is 1. The number of esters is 1. The predicted molar refractivity (Wildman–Crippen MR) is 116 cm³/mol. The standard InChI is InChI=1S/C24H15FN2O7/c1-12(23(30)26-14-8-6-13(25)7-9-14)34-24(31)18-11-10-17-19(20(18)27(32)33)22(29)16-5-3-2-4-15(16)21(17)28/h2-12H,1H3,(H,26,30). The van der Waals surface area contributed by atoms with Crippen molar-refractivity contribution in [3.8, 4) is 0 Å².